The molecule has 9 nitrogen and oxygen atoms in total. The van der Waals surface area contributed by atoms with Crippen LogP contribution in [0.2, 0.25) is 0 Å². The third kappa shape index (κ3) is 3.87. The average Bonchev–Trinajstić information content (AvgIpc) is 3.49. The quantitative estimate of drug-likeness (QED) is 0.610. The number of fused-ring (bicyclic) bond motifs is 5. The van der Waals surface area contributed by atoms with Crippen LogP contribution >= 0.6 is 0 Å². The summed E-state index contributed by atoms with van der Waals surface area (Å²) in [6, 6.07) is 11.0. The molecular formula is C27H32N4O5. The number of amides is 3. The summed E-state index contributed by atoms with van der Waals surface area (Å²) >= 11 is 0. The number of ether oxygens (including phenoxy) is 2. The fraction of sp³-hybridized carbons (Fsp3) is 0.444. The van der Waals surface area contributed by atoms with E-state index in [1.54, 1.807) is 40.1 Å². The monoisotopic (exact) mass is 492 g/mol. The maximum atomic E-state index is 13.7. The van der Waals surface area contributed by atoms with E-state index in [1.165, 1.54) is 14.2 Å². The van der Waals surface area contributed by atoms with Crippen LogP contribution < -0.4 is 19.7 Å². The summed E-state index contributed by atoms with van der Waals surface area (Å²) in [5.74, 6) is 0.217. The predicted molar refractivity (Wildman–Crippen MR) is 134 cm³/mol. The molecule has 2 aromatic carbocycles. The maximum Gasteiger partial charge on any atom is 0.264 e. The van der Waals surface area contributed by atoms with Gasteiger partial charge in [0.15, 0.2) is 11.5 Å². The van der Waals surface area contributed by atoms with Crippen molar-refractivity contribution in [1.29, 1.82) is 0 Å². The van der Waals surface area contributed by atoms with Crippen molar-refractivity contribution in [3.8, 4) is 11.5 Å². The summed E-state index contributed by atoms with van der Waals surface area (Å²) in [4.78, 5) is 45.7. The van der Waals surface area contributed by atoms with Crippen LogP contribution in [0.4, 0.5) is 5.69 Å². The van der Waals surface area contributed by atoms with Gasteiger partial charge in [-0.2, -0.15) is 0 Å². The lowest BCUT2D eigenvalue weighted by Crippen LogP contribution is -2.49. The first-order valence-corrected chi connectivity index (χ1v) is 12.5. The number of nitrogens with zero attached hydrogens (tertiary/aromatic N) is 3. The minimum Gasteiger partial charge on any atom is -0.493 e. The van der Waals surface area contributed by atoms with Gasteiger partial charge in [0.05, 0.1) is 31.0 Å². The highest BCUT2D eigenvalue weighted by molar-refractivity contribution is 6.18. The summed E-state index contributed by atoms with van der Waals surface area (Å²) < 4.78 is 11.0. The topological polar surface area (TPSA) is 91.4 Å². The lowest BCUT2D eigenvalue weighted by Gasteiger charge is -2.40. The van der Waals surface area contributed by atoms with Crippen molar-refractivity contribution in [3.05, 3.63) is 53.1 Å². The third-order valence-electron chi connectivity index (χ3n) is 7.50. The van der Waals surface area contributed by atoms with E-state index in [1.807, 2.05) is 6.07 Å². The number of nitrogens with one attached hydrogen (secondary N) is 1. The Morgan fingerprint density at radius 3 is 2.64 bits per heavy atom. The van der Waals surface area contributed by atoms with Crippen LogP contribution in [-0.4, -0.2) is 74.0 Å². The van der Waals surface area contributed by atoms with Crippen molar-refractivity contribution in [2.45, 2.75) is 38.4 Å². The van der Waals surface area contributed by atoms with Gasteiger partial charge in [0, 0.05) is 31.1 Å². The lowest BCUT2D eigenvalue weighted by molar-refractivity contribution is -0.121. The second-order valence-electron chi connectivity index (χ2n) is 9.31. The molecule has 36 heavy (non-hydrogen) atoms. The largest absolute Gasteiger partial charge is 0.493 e. The van der Waals surface area contributed by atoms with Gasteiger partial charge < -0.3 is 19.7 Å². The zero-order valence-corrected chi connectivity index (χ0v) is 21.0. The number of likely N-dealkylation sites (N-methyl/N-ethyl adjacent to an activating group) is 1. The zero-order chi connectivity index (χ0) is 25.4. The number of anilines is 1. The van der Waals surface area contributed by atoms with Crippen molar-refractivity contribution in [1.82, 2.24) is 15.1 Å². The maximum absolute atomic E-state index is 13.7. The molecule has 0 saturated carbocycles. The molecular weight excluding hydrogens is 460 g/mol. The van der Waals surface area contributed by atoms with Crippen LogP contribution in [0.5, 0.6) is 11.5 Å². The second kappa shape index (κ2) is 9.81. The molecule has 9 heteroatoms. The normalized spacial score (nSPS) is 20.8. The van der Waals surface area contributed by atoms with Gasteiger partial charge in [-0.3, -0.25) is 24.2 Å². The van der Waals surface area contributed by atoms with E-state index in [9.17, 15) is 14.4 Å². The van der Waals surface area contributed by atoms with Crippen molar-refractivity contribution < 1.29 is 23.9 Å². The molecule has 0 spiro atoms. The Hall–Kier alpha value is -3.59. The minimum atomic E-state index is -0.659. The Bertz CT molecular complexity index is 1200. The number of carbonyl (C=O) groups excluding carboxylic acids is 3. The summed E-state index contributed by atoms with van der Waals surface area (Å²) in [5.41, 5.74) is 2.02. The third-order valence-corrected chi connectivity index (χ3v) is 7.50. The summed E-state index contributed by atoms with van der Waals surface area (Å²) in [6.45, 7) is 4.97. The summed E-state index contributed by atoms with van der Waals surface area (Å²) in [6.07, 6.45) is 1.72. The van der Waals surface area contributed by atoms with Gasteiger partial charge in [-0.1, -0.05) is 25.1 Å². The first-order valence-electron chi connectivity index (χ1n) is 12.5. The zero-order valence-electron chi connectivity index (χ0n) is 21.0. The molecule has 1 fully saturated rings. The molecule has 3 amide bonds. The summed E-state index contributed by atoms with van der Waals surface area (Å²) in [5, 5.41) is 3.05. The van der Waals surface area contributed by atoms with E-state index in [2.05, 4.69) is 17.1 Å². The summed E-state index contributed by atoms with van der Waals surface area (Å²) in [7, 11) is 3.01. The van der Waals surface area contributed by atoms with Crippen LogP contribution in [0.3, 0.4) is 0 Å². The Labute approximate surface area is 210 Å². The molecule has 3 aliphatic heterocycles. The fourth-order valence-corrected chi connectivity index (χ4v) is 5.74. The van der Waals surface area contributed by atoms with Crippen molar-refractivity contribution in [3.63, 3.8) is 0 Å². The van der Waals surface area contributed by atoms with Crippen molar-refractivity contribution in [2.24, 2.45) is 0 Å². The number of rotatable bonds is 8. The van der Waals surface area contributed by atoms with E-state index >= 15 is 0 Å². The van der Waals surface area contributed by atoms with Crippen molar-refractivity contribution in [2.75, 3.05) is 45.3 Å². The molecule has 2 atom stereocenters. The molecule has 2 aromatic rings. The van der Waals surface area contributed by atoms with Gasteiger partial charge in [-0.15, -0.1) is 0 Å². The van der Waals surface area contributed by atoms with E-state index in [0.717, 1.165) is 25.9 Å². The first-order chi connectivity index (χ1) is 17.5. The molecule has 0 aliphatic carbocycles. The smallest absolute Gasteiger partial charge is 0.264 e. The van der Waals surface area contributed by atoms with Gasteiger partial charge in [0.1, 0.15) is 6.17 Å². The molecule has 190 valence electrons. The van der Waals surface area contributed by atoms with Crippen molar-refractivity contribution >= 4 is 23.4 Å². The van der Waals surface area contributed by atoms with E-state index in [-0.39, 0.29) is 30.7 Å². The van der Waals surface area contributed by atoms with Gasteiger partial charge in [0.2, 0.25) is 5.91 Å². The second-order valence-corrected chi connectivity index (χ2v) is 9.31. The molecule has 3 heterocycles. The first kappa shape index (κ1) is 24.1. The number of hydrogen-bond acceptors (Lipinski definition) is 6. The average molecular weight is 493 g/mol. The molecule has 0 bridgehead atoms. The Morgan fingerprint density at radius 1 is 1.08 bits per heavy atom. The number of para-hydroxylation sites is 1. The molecule has 0 radical (unpaired) electrons. The Balaban J connectivity index is 1.42. The van der Waals surface area contributed by atoms with E-state index < -0.39 is 6.17 Å². The standard InChI is InChI=1S/C27H32N4O5/c1-4-29-14-7-8-17(29)16-28-22(32)13-15-30-25-19-11-12-21(35-2)24(36-3)23(19)27(34)31(25)20-10-6-5-9-18(20)26(30)33/h5-6,9-12,17,25H,4,7-8,13-16H2,1-3H3,(H,28,32). The molecule has 0 aromatic heterocycles. The molecule has 1 N–H and O–H groups in total. The predicted octanol–water partition coefficient (Wildman–Crippen LogP) is 2.81. The number of hydrogen-bond donors (Lipinski definition) is 1. The van der Waals surface area contributed by atoms with Crippen LogP contribution in [-0.2, 0) is 4.79 Å². The Morgan fingerprint density at radius 2 is 1.89 bits per heavy atom. The molecule has 3 aliphatic rings. The van der Waals surface area contributed by atoms with Gasteiger partial charge >= 0.3 is 0 Å². The molecule has 1 saturated heterocycles. The molecule has 2 unspecified atom stereocenters. The fourth-order valence-electron chi connectivity index (χ4n) is 5.74. The van der Waals surface area contributed by atoms with Crippen LogP contribution in [0.25, 0.3) is 0 Å². The lowest BCUT2D eigenvalue weighted by atomic mass is 10.0. The highest BCUT2D eigenvalue weighted by Gasteiger charge is 2.49. The number of carbonyl (C=O) groups is 3. The highest BCUT2D eigenvalue weighted by atomic mass is 16.5. The molecule has 5 rings (SSSR count). The number of likely N-dealkylation sites (tertiary alicyclic amines) is 1. The van der Waals surface area contributed by atoms with Crippen LogP contribution in [0, 0.1) is 0 Å². The number of methoxy groups -OCH3 is 2. The van der Waals surface area contributed by atoms with Gasteiger partial charge in [-0.25, -0.2) is 0 Å². The number of benzene rings is 2. The Kier molecular flexibility index (Phi) is 6.57. The SMILES string of the molecule is CCN1CCCC1CNC(=O)CCN1C(=O)c2ccccc2N2C(=O)c3c(ccc(OC)c3OC)C12. The van der Waals surface area contributed by atoms with Gasteiger partial charge in [0.25, 0.3) is 11.8 Å². The van der Waals surface area contributed by atoms with Gasteiger partial charge in [-0.05, 0) is 44.1 Å². The van der Waals surface area contributed by atoms with Crippen LogP contribution in [0.1, 0.15) is 58.6 Å². The van der Waals surface area contributed by atoms with E-state index in [4.69, 9.17) is 9.47 Å². The highest BCUT2D eigenvalue weighted by Crippen LogP contribution is 2.49. The minimum absolute atomic E-state index is 0.104. The van der Waals surface area contributed by atoms with E-state index in [0.29, 0.717) is 46.5 Å². The van der Waals surface area contributed by atoms with Crippen LogP contribution in [0.15, 0.2) is 36.4 Å².